The molecule has 1 aromatic carbocycles. The van der Waals surface area contributed by atoms with Gasteiger partial charge in [-0.05, 0) is 18.9 Å². The van der Waals surface area contributed by atoms with Gasteiger partial charge in [-0.25, -0.2) is 0 Å². The third-order valence-corrected chi connectivity index (χ3v) is 3.44. The quantitative estimate of drug-likeness (QED) is 0.786. The third kappa shape index (κ3) is 3.84. The van der Waals surface area contributed by atoms with Crippen LogP contribution in [-0.4, -0.2) is 11.9 Å². The number of nitrogens with two attached hydrogens (primary N) is 2. The second kappa shape index (κ2) is 6.55. The highest BCUT2D eigenvalue weighted by molar-refractivity contribution is 5.77. The molecule has 100 valence electrons. The molecule has 0 heterocycles. The van der Waals surface area contributed by atoms with Crippen LogP contribution in [-0.2, 0) is 11.2 Å². The van der Waals surface area contributed by atoms with Crippen molar-refractivity contribution in [3.63, 3.8) is 0 Å². The number of benzene rings is 1. The van der Waals surface area contributed by atoms with Crippen molar-refractivity contribution in [1.82, 2.24) is 0 Å². The maximum absolute atomic E-state index is 11.2. The van der Waals surface area contributed by atoms with Gasteiger partial charge in [-0.15, -0.1) is 0 Å². The van der Waals surface area contributed by atoms with Crippen molar-refractivity contribution in [3.05, 3.63) is 35.4 Å². The number of aryl methyl sites for hydroxylation is 1. The first kappa shape index (κ1) is 14.7. The lowest BCUT2D eigenvalue weighted by Gasteiger charge is -2.22. The molecule has 0 bridgehead atoms. The van der Waals surface area contributed by atoms with E-state index in [1.165, 1.54) is 11.1 Å². The molecule has 0 spiro atoms. The summed E-state index contributed by atoms with van der Waals surface area (Å²) in [6, 6.07) is 8.73. The molecular formula is C15H25N2O+. The number of quaternary nitrogens is 1. The number of amides is 1. The minimum atomic E-state index is -0.258. The fourth-order valence-electron chi connectivity index (χ4n) is 2.10. The van der Waals surface area contributed by atoms with Crippen LogP contribution in [0.4, 0.5) is 0 Å². The predicted octanol–water partition coefficient (Wildman–Crippen LogP) is 1.38. The number of rotatable bonds is 6. The number of hydrogen-bond acceptors (Lipinski definition) is 1. The van der Waals surface area contributed by atoms with Crippen LogP contribution in [0, 0.1) is 5.92 Å². The highest BCUT2D eigenvalue weighted by Gasteiger charge is 2.24. The lowest BCUT2D eigenvalue weighted by Crippen LogP contribution is -2.93. The van der Waals surface area contributed by atoms with E-state index in [-0.39, 0.29) is 18.0 Å². The van der Waals surface area contributed by atoms with Crippen LogP contribution >= 0.6 is 0 Å². The van der Waals surface area contributed by atoms with Crippen molar-refractivity contribution in [2.24, 2.45) is 11.7 Å². The van der Waals surface area contributed by atoms with Gasteiger partial charge in [0.25, 0.3) is 5.91 Å². The van der Waals surface area contributed by atoms with Gasteiger partial charge in [0.15, 0.2) is 6.04 Å². The molecule has 18 heavy (non-hydrogen) atoms. The van der Waals surface area contributed by atoms with Crippen LogP contribution < -0.4 is 11.1 Å². The summed E-state index contributed by atoms with van der Waals surface area (Å²) in [7, 11) is 0. The van der Waals surface area contributed by atoms with E-state index in [2.05, 4.69) is 50.4 Å². The van der Waals surface area contributed by atoms with Crippen LogP contribution in [0.5, 0.6) is 0 Å². The standard InChI is InChI=1S/C15H24N2O/c1-5-12-6-8-13(9-7-12)14(10(2)3)17-11(4)15(16)18/h6-11,14,17H,5H2,1-4H3,(H2,16,18)/p+1/t11-,14+/m1/s1. The van der Waals surface area contributed by atoms with E-state index < -0.39 is 0 Å². The molecule has 0 saturated heterocycles. The Balaban J connectivity index is 2.86. The van der Waals surface area contributed by atoms with E-state index in [1.54, 1.807) is 0 Å². The third-order valence-electron chi connectivity index (χ3n) is 3.44. The molecule has 0 radical (unpaired) electrons. The number of primary amides is 1. The maximum Gasteiger partial charge on any atom is 0.275 e. The summed E-state index contributed by atoms with van der Waals surface area (Å²) < 4.78 is 0. The Kier molecular flexibility index (Phi) is 5.35. The zero-order chi connectivity index (χ0) is 13.7. The van der Waals surface area contributed by atoms with Crippen molar-refractivity contribution in [3.8, 4) is 0 Å². The molecule has 0 saturated carbocycles. The average Bonchev–Trinajstić information content (AvgIpc) is 2.35. The fraction of sp³-hybridized carbons (Fsp3) is 0.533. The minimum Gasteiger partial charge on any atom is -0.365 e. The molecule has 3 nitrogen and oxygen atoms in total. The smallest absolute Gasteiger partial charge is 0.275 e. The molecule has 4 N–H and O–H groups in total. The van der Waals surface area contributed by atoms with Gasteiger partial charge in [0.05, 0.1) is 0 Å². The van der Waals surface area contributed by atoms with Crippen molar-refractivity contribution < 1.29 is 10.1 Å². The fourth-order valence-corrected chi connectivity index (χ4v) is 2.10. The Hall–Kier alpha value is -1.35. The van der Waals surface area contributed by atoms with E-state index in [0.717, 1.165) is 6.42 Å². The van der Waals surface area contributed by atoms with Crippen LogP contribution in [0.2, 0.25) is 0 Å². The van der Waals surface area contributed by atoms with Gasteiger partial charge in [-0.1, -0.05) is 45.0 Å². The largest absolute Gasteiger partial charge is 0.365 e. The summed E-state index contributed by atoms with van der Waals surface area (Å²) in [4.78, 5) is 11.2. The highest BCUT2D eigenvalue weighted by Crippen LogP contribution is 2.18. The average molecular weight is 249 g/mol. The van der Waals surface area contributed by atoms with Crippen molar-refractivity contribution in [1.29, 1.82) is 0 Å². The zero-order valence-electron chi connectivity index (χ0n) is 11.8. The van der Waals surface area contributed by atoms with Crippen molar-refractivity contribution in [2.75, 3.05) is 0 Å². The first-order chi connectivity index (χ1) is 8.45. The van der Waals surface area contributed by atoms with Gasteiger partial charge >= 0.3 is 0 Å². The molecule has 0 aliphatic heterocycles. The second-order valence-electron chi connectivity index (χ2n) is 5.25. The summed E-state index contributed by atoms with van der Waals surface area (Å²) >= 11 is 0. The van der Waals surface area contributed by atoms with Crippen LogP contribution in [0.15, 0.2) is 24.3 Å². The van der Waals surface area contributed by atoms with Gasteiger partial charge in [0.1, 0.15) is 6.04 Å². The van der Waals surface area contributed by atoms with E-state index in [1.807, 2.05) is 6.92 Å². The summed E-state index contributed by atoms with van der Waals surface area (Å²) in [5.41, 5.74) is 7.93. The van der Waals surface area contributed by atoms with Gasteiger partial charge in [0.2, 0.25) is 0 Å². The Morgan fingerprint density at radius 2 is 1.78 bits per heavy atom. The van der Waals surface area contributed by atoms with Crippen molar-refractivity contribution >= 4 is 5.91 Å². The summed E-state index contributed by atoms with van der Waals surface area (Å²) in [6.45, 7) is 8.35. The van der Waals surface area contributed by atoms with Crippen LogP contribution in [0.1, 0.15) is 44.9 Å². The van der Waals surface area contributed by atoms with Gasteiger partial charge in [-0.3, -0.25) is 4.79 Å². The monoisotopic (exact) mass is 249 g/mol. The SMILES string of the molecule is CCc1ccc([C@@H]([NH2+][C@H](C)C(N)=O)C(C)C)cc1. The Morgan fingerprint density at radius 3 is 2.17 bits per heavy atom. The maximum atomic E-state index is 11.2. The molecule has 3 heteroatoms. The van der Waals surface area contributed by atoms with Crippen LogP contribution in [0.3, 0.4) is 0 Å². The summed E-state index contributed by atoms with van der Waals surface area (Å²) in [6.07, 6.45) is 1.05. The number of hydrogen-bond donors (Lipinski definition) is 2. The van der Waals surface area contributed by atoms with Gasteiger partial charge in [-0.2, -0.15) is 0 Å². The first-order valence-corrected chi connectivity index (χ1v) is 6.68. The molecule has 1 rings (SSSR count). The molecule has 0 fully saturated rings. The van der Waals surface area contributed by atoms with E-state index in [4.69, 9.17) is 5.73 Å². The Bertz CT molecular complexity index is 384. The predicted molar refractivity (Wildman–Crippen MR) is 74.0 cm³/mol. The molecule has 0 aliphatic rings. The van der Waals surface area contributed by atoms with Crippen molar-refractivity contribution in [2.45, 2.75) is 46.2 Å². The molecule has 0 aromatic heterocycles. The molecule has 1 aromatic rings. The molecule has 0 aliphatic carbocycles. The normalized spacial score (nSPS) is 14.5. The van der Waals surface area contributed by atoms with Crippen LogP contribution in [0.25, 0.3) is 0 Å². The van der Waals surface area contributed by atoms with Gasteiger partial charge < -0.3 is 11.1 Å². The molecule has 0 unspecified atom stereocenters. The van der Waals surface area contributed by atoms with Gasteiger partial charge in [0, 0.05) is 11.5 Å². The lowest BCUT2D eigenvalue weighted by atomic mass is 9.94. The topological polar surface area (TPSA) is 59.7 Å². The number of carbonyl (C=O) groups is 1. The molecule has 2 atom stereocenters. The summed E-state index contributed by atoms with van der Waals surface area (Å²) in [5, 5.41) is 2.06. The molecular weight excluding hydrogens is 224 g/mol. The minimum absolute atomic E-state index is 0.191. The molecule has 1 amide bonds. The van der Waals surface area contributed by atoms with E-state index in [0.29, 0.717) is 5.92 Å². The van der Waals surface area contributed by atoms with E-state index >= 15 is 0 Å². The Morgan fingerprint density at radius 1 is 1.22 bits per heavy atom. The zero-order valence-corrected chi connectivity index (χ0v) is 11.8. The lowest BCUT2D eigenvalue weighted by molar-refractivity contribution is -0.719. The highest BCUT2D eigenvalue weighted by atomic mass is 16.1. The van der Waals surface area contributed by atoms with E-state index in [9.17, 15) is 4.79 Å². The number of carbonyl (C=O) groups excluding carboxylic acids is 1. The summed E-state index contributed by atoms with van der Waals surface area (Å²) in [5.74, 6) is 0.199. The second-order valence-corrected chi connectivity index (χ2v) is 5.25. The first-order valence-electron chi connectivity index (χ1n) is 6.68. The Labute approximate surface area is 110 Å².